The zero-order chi connectivity index (χ0) is 10.2. The van der Waals surface area contributed by atoms with Crippen LogP contribution in [0.5, 0.6) is 0 Å². The van der Waals surface area contributed by atoms with E-state index in [9.17, 15) is 8.78 Å². The highest BCUT2D eigenvalue weighted by atomic mass is 19.3. The lowest BCUT2D eigenvalue weighted by Crippen LogP contribution is -2.38. The van der Waals surface area contributed by atoms with Crippen LogP contribution in [0, 0.1) is 0 Å². The largest absolute Gasteiger partial charge is 0.328 e. The average Bonchev–Trinajstić information content (AvgIpc) is 2.28. The number of nitrogens with zero attached hydrogens (tertiary/aromatic N) is 2. The van der Waals surface area contributed by atoms with Crippen molar-refractivity contribution in [1.82, 2.24) is 9.80 Å². The Morgan fingerprint density at radius 3 is 2.08 bits per heavy atom. The predicted octanol–water partition coefficient (Wildman–Crippen LogP) is 2.57. The Hall–Kier alpha value is -1.06. The Morgan fingerprint density at radius 2 is 1.85 bits per heavy atom. The van der Waals surface area contributed by atoms with Crippen molar-refractivity contribution < 1.29 is 8.78 Å². The van der Waals surface area contributed by atoms with E-state index in [0.717, 1.165) is 4.90 Å². The SMILES string of the molecule is C=C1N(C(F)F)C=CN1C(C)(C)C. The Kier molecular flexibility index (Phi) is 2.32. The van der Waals surface area contributed by atoms with Crippen LogP contribution in [-0.4, -0.2) is 21.9 Å². The summed E-state index contributed by atoms with van der Waals surface area (Å²) in [6.07, 6.45) is 2.97. The number of alkyl halides is 2. The molecule has 0 aliphatic carbocycles. The van der Waals surface area contributed by atoms with E-state index in [1.54, 1.807) is 11.1 Å². The average molecular weight is 188 g/mol. The van der Waals surface area contributed by atoms with Crippen molar-refractivity contribution in [3.63, 3.8) is 0 Å². The second-order valence-corrected chi connectivity index (χ2v) is 3.94. The normalized spacial score (nSPS) is 17.8. The first kappa shape index (κ1) is 10.0. The lowest BCUT2D eigenvalue weighted by molar-refractivity contribution is 0.0164. The zero-order valence-electron chi connectivity index (χ0n) is 8.09. The second kappa shape index (κ2) is 3.01. The smallest absolute Gasteiger partial charge is 0.320 e. The van der Waals surface area contributed by atoms with E-state index >= 15 is 0 Å². The van der Waals surface area contributed by atoms with Crippen LogP contribution in [0.25, 0.3) is 0 Å². The molecule has 0 radical (unpaired) electrons. The van der Waals surface area contributed by atoms with E-state index in [2.05, 4.69) is 6.58 Å². The molecule has 0 atom stereocenters. The molecule has 1 aliphatic rings. The van der Waals surface area contributed by atoms with Gasteiger partial charge in [-0.2, -0.15) is 8.78 Å². The molecule has 0 N–H and O–H groups in total. The van der Waals surface area contributed by atoms with Crippen LogP contribution >= 0.6 is 0 Å². The molecule has 0 unspecified atom stereocenters. The Bertz CT molecular complexity index is 240. The van der Waals surface area contributed by atoms with Crippen LogP contribution < -0.4 is 0 Å². The van der Waals surface area contributed by atoms with Crippen molar-refractivity contribution in [2.45, 2.75) is 32.9 Å². The lowest BCUT2D eigenvalue weighted by atomic mass is 10.1. The van der Waals surface area contributed by atoms with Crippen LogP contribution in [-0.2, 0) is 0 Å². The minimum Gasteiger partial charge on any atom is -0.328 e. The molecule has 0 bridgehead atoms. The zero-order valence-corrected chi connectivity index (χ0v) is 8.09. The third kappa shape index (κ3) is 1.82. The van der Waals surface area contributed by atoms with Gasteiger partial charge in [-0.25, -0.2) is 0 Å². The monoisotopic (exact) mass is 188 g/mol. The summed E-state index contributed by atoms with van der Waals surface area (Å²) in [5.74, 6) is 0.322. The Labute approximate surface area is 77.1 Å². The van der Waals surface area contributed by atoms with Crippen molar-refractivity contribution in [1.29, 1.82) is 0 Å². The summed E-state index contributed by atoms with van der Waals surface area (Å²) < 4.78 is 24.7. The van der Waals surface area contributed by atoms with Crippen LogP contribution in [0.15, 0.2) is 24.8 Å². The van der Waals surface area contributed by atoms with Gasteiger partial charge in [0.2, 0.25) is 0 Å². The summed E-state index contributed by atoms with van der Waals surface area (Å²) >= 11 is 0. The summed E-state index contributed by atoms with van der Waals surface area (Å²) in [5.41, 5.74) is -0.211. The summed E-state index contributed by atoms with van der Waals surface area (Å²) in [7, 11) is 0. The molecule has 0 spiro atoms. The minimum atomic E-state index is -2.52. The van der Waals surface area contributed by atoms with Gasteiger partial charge in [0.1, 0.15) is 5.82 Å². The Balaban J connectivity index is 2.79. The molecule has 0 aromatic rings. The van der Waals surface area contributed by atoms with Crippen LogP contribution in [0.3, 0.4) is 0 Å². The quantitative estimate of drug-likeness (QED) is 0.583. The number of rotatable bonds is 1. The Morgan fingerprint density at radius 1 is 1.31 bits per heavy atom. The molecule has 4 heteroatoms. The van der Waals surface area contributed by atoms with Crippen molar-refractivity contribution >= 4 is 0 Å². The van der Waals surface area contributed by atoms with Crippen LogP contribution in [0.1, 0.15) is 20.8 Å². The maximum Gasteiger partial charge on any atom is 0.320 e. The molecule has 0 aromatic heterocycles. The summed E-state index contributed by atoms with van der Waals surface area (Å²) in [6.45, 7) is 6.92. The van der Waals surface area contributed by atoms with E-state index < -0.39 is 6.55 Å². The van der Waals surface area contributed by atoms with Gasteiger partial charge in [0.05, 0.1) is 0 Å². The molecule has 0 amide bonds. The first-order valence-corrected chi connectivity index (χ1v) is 4.07. The van der Waals surface area contributed by atoms with Crippen molar-refractivity contribution in [2.75, 3.05) is 0 Å². The number of hydrogen-bond donors (Lipinski definition) is 0. The highest BCUT2D eigenvalue weighted by Crippen LogP contribution is 2.28. The van der Waals surface area contributed by atoms with E-state index in [0.29, 0.717) is 5.82 Å². The highest BCUT2D eigenvalue weighted by molar-refractivity contribution is 5.14. The van der Waals surface area contributed by atoms with Gasteiger partial charge in [-0.1, -0.05) is 6.58 Å². The molecule has 0 aromatic carbocycles. The summed E-state index contributed by atoms with van der Waals surface area (Å²) in [4.78, 5) is 2.57. The third-order valence-electron chi connectivity index (χ3n) is 1.89. The molecule has 1 heterocycles. The van der Waals surface area contributed by atoms with Gasteiger partial charge in [0, 0.05) is 17.9 Å². The van der Waals surface area contributed by atoms with Crippen molar-refractivity contribution in [2.24, 2.45) is 0 Å². The topological polar surface area (TPSA) is 6.48 Å². The highest BCUT2D eigenvalue weighted by Gasteiger charge is 2.30. The molecular formula is C9H14F2N2. The fraction of sp³-hybridized carbons (Fsp3) is 0.556. The maximum absolute atomic E-state index is 12.3. The molecule has 0 saturated carbocycles. The predicted molar refractivity (Wildman–Crippen MR) is 47.7 cm³/mol. The molecule has 1 rings (SSSR count). The molecule has 2 nitrogen and oxygen atoms in total. The first-order valence-electron chi connectivity index (χ1n) is 4.07. The van der Waals surface area contributed by atoms with Gasteiger partial charge in [0.15, 0.2) is 0 Å². The fourth-order valence-electron chi connectivity index (χ4n) is 1.22. The molecule has 0 fully saturated rings. The molecule has 1 aliphatic heterocycles. The standard InChI is InChI=1S/C9H14F2N2/c1-7-12(8(10)11)5-6-13(7)9(2,3)4/h5-6,8H,1H2,2-4H3. The van der Waals surface area contributed by atoms with Crippen molar-refractivity contribution in [3.05, 3.63) is 24.8 Å². The molecule has 13 heavy (non-hydrogen) atoms. The number of halogens is 2. The molecular weight excluding hydrogens is 174 g/mol. The summed E-state index contributed by atoms with van der Waals surface area (Å²) in [5, 5.41) is 0. The maximum atomic E-state index is 12.3. The lowest BCUT2D eigenvalue weighted by Gasteiger charge is -2.34. The first-order chi connectivity index (χ1) is 5.84. The van der Waals surface area contributed by atoms with Crippen LogP contribution in [0.4, 0.5) is 8.78 Å². The molecule has 74 valence electrons. The molecule has 0 saturated heterocycles. The van der Waals surface area contributed by atoms with E-state index in [4.69, 9.17) is 0 Å². The van der Waals surface area contributed by atoms with Crippen molar-refractivity contribution in [3.8, 4) is 0 Å². The third-order valence-corrected chi connectivity index (χ3v) is 1.89. The fourth-order valence-corrected chi connectivity index (χ4v) is 1.22. The number of hydrogen-bond acceptors (Lipinski definition) is 2. The van der Waals surface area contributed by atoms with Gasteiger partial charge < -0.3 is 4.90 Å². The van der Waals surface area contributed by atoms with Gasteiger partial charge in [0.25, 0.3) is 0 Å². The van der Waals surface area contributed by atoms with Crippen LogP contribution in [0.2, 0.25) is 0 Å². The second-order valence-electron chi connectivity index (χ2n) is 3.94. The van der Waals surface area contributed by atoms with E-state index in [1.165, 1.54) is 6.20 Å². The van der Waals surface area contributed by atoms with E-state index in [-0.39, 0.29) is 5.54 Å². The van der Waals surface area contributed by atoms with Gasteiger partial charge in [-0.15, -0.1) is 0 Å². The van der Waals surface area contributed by atoms with E-state index in [1.807, 2.05) is 20.8 Å². The minimum absolute atomic E-state index is 0.211. The summed E-state index contributed by atoms with van der Waals surface area (Å²) in [6, 6.07) is 0. The van der Waals surface area contributed by atoms with Gasteiger partial charge >= 0.3 is 6.55 Å². The van der Waals surface area contributed by atoms with Gasteiger partial charge in [-0.3, -0.25) is 4.90 Å². The van der Waals surface area contributed by atoms with Gasteiger partial charge in [-0.05, 0) is 20.8 Å².